The van der Waals surface area contributed by atoms with Gasteiger partial charge in [-0.1, -0.05) is 41.5 Å². The zero-order valence-electron chi connectivity index (χ0n) is 22.4. The first-order valence-corrected chi connectivity index (χ1v) is 17.5. The van der Waals surface area contributed by atoms with Crippen molar-refractivity contribution in [1.29, 1.82) is 0 Å². The number of carbonyl (C=O) groups is 2. The first-order chi connectivity index (χ1) is 15.3. The fourth-order valence-electron chi connectivity index (χ4n) is 3.15. The first-order valence-electron chi connectivity index (χ1n) is 11.6. The molecule has 1 fully saturated rings. The highest BCUT2D eigenvalue weighted by atomic mass is 28.4. The number of ether oxygens (including phenoxy) is 1. The SMILES string of the molecule is CC(=O)Nc1ccn([C@@H]2O[C@H](C=O)[C@@H](O[Si](C)(C)C(C)(C)C)[C@@H]2O[Si](C)(C)C(C)(C)C)c(=O)n1. The maximum atomic E-state index is 12.9. The van der Waals surface area contributed by atoms with Crippen LogP contribution in [-0.4, -0.2) is 56.7 Å². The van der Waals surface area contributed by atoms with Gasteiger partial charge in [0.25, 0.3) is 0 Å². The number of aldehydes is 1. The molecule has 11 heteroatoms. The highest BCUT2D eigenvalue weighted by Gasteiger charge is 2.54. The number of aromatic nitrogens is 2. The van der Waals surface area contributed by atoms with Crippen LogP contribution in [0, 0.1) is 0 Å². The summed E-state index contributed by atoms with van der Waals surface area (Å²) in [5, 5.41) is 2.29. The van der Waals surface area contributed by atoms with Gasteiger partial charge in [0.15, 0.2) is 29.1 Å². The van der Waals surface area contributed by atoms with E-state index in [4.69, 9.17) is 13.6 Å². The normalized spacial score (nSPS) is 24.2. The highest BCUT2D eigenvalue weighted by Crippen LogP contribution is 2.45. The van der Waals surface area contributed by atoms with Crippen LogP contribution in [0.3, 0.4) is 0 Å². The van der Waals surface area contributed by atoms with Gasteiger partial charge in [-0.15, -0.1) is 0 Å². The van der Waals surface area contributed by atoms with Crippen molar-refractivity contribution in [3.63, 3.8) is 0 Å². The van der Waals surface area contributed by atoms with Crippen LogP contribution in [-0.2, 0) is 23.2 Å². The van der Waals surface area contributed by atoms with Crippen LogP contribution < -0.4 is 11.0 Å². The smallest absolute Gasteiger partial charge is 0.351 e. The standard InChI is InChI=1S/C23H41N3O6Si2/c1-15(28)24-17-12-13-26(21(29)25-17)20-19(32-34(10,11)23(5,6)7)18(16(14-27)30-20)31-33(8,9)22(2,3)4/h12-14,16,18-20H,1-11H3,(H,24,25,28,29)/t16-,18-,19+,20-/m1/s1. The Bertz CT molecular complexity index is 965. The van der Waals surface area contributed by atoms with Crippen molar-refractivity contribution in [2.24, 2.45) is 0 Å². The number of hydrogen-bond acceptors (Lipinski definition) is 7. The topological polar surface area (TPSA) is 109 Å². The van der Waals surface area contributed by atoms with E-state index in [2.05, 4.69) is 78.0 Å². The molecule has 0 aliphatic carbocycles. The summed E-state index contributed by atoms with van der Waals surface area (Å²) in [5.41, 5.74) is -0.613. The minimum Gasteiger partial charge on any atom is -0.408 e. The molecule has 0 radical (unpaired) electrons. The second-order valence-electron chi connectivity index (χ2n) is 12.0. The lowest BCUT2D eigenvalue weighted by molar-refractivity contribution is -0.122. The number of nitrogens with one attached hydrogen (secondary N) is 1. The summed E-state index contributed by atoms with van der Waals surface area (Å²) in [7, 11) is -4.67. The first kappa shape index (κ1) is 28.6. The number of carbonyl (C=O) groups excluding carboxylic acids is 2. The van der Waals surface area contributed by atoms with Crippen LogP contribution in [0.5, 0.6) is 0 Å². The third-order valence-corrected chi connectivity index (χ3v) is 16.2. The molecule has 0 unspecified atom stereocenters. The number of hydrogen-bond donors (Lipinski definition) is 1. The molecule has 1 aliphatic rings. The van der Waals surface area contributed by atoms with Crippen LogP contribution in [0.4, 0.5) is 5.82 Å². The molecule has 1 aromatic heterocycles. The van der Waals surface area contributed by atoms with Gasteiger partial charge in [-0.2, -0.15) is 4.98 Å². The average molecular weight is 512 g/mol. The summed E-state index contributed by atoms with van der Waals surface area (Å²) in [6.45, 7) is 22.6. The molecular formula is C23H41N3O6Si2. The molecule has 9 nitrogen and oxygen atoms in total. The van der Waals surface area contributed by atoms with Crippen LogP contribution in [0.15, 0.2) is 17.1 Å². The lowest BCUT2D eigenvalue weighted by atomic mass is 10.1. The minimum atomic E-state index is -2.35. The fraction of sp³-hybridized carbons (Fsp3) is 0.739. The Morgan fingerprint density at radius 1 is 1.06 bits per heavy atom. The molecule has 34 heavy (non-hydrogen) atoms. The van der Waals surface area contributed by atoms with Gasteiger partial charge in [-0.3, -0.25) is 9.36 Å². The van der Waals surface area contributed by atoms with Crippen LogP contribution in [0.1, 0.15) is 54.7 Å². The van der Waals surface area contributed by atoms with Crippen molar-refractivity contribution in [2.75, 3.05) is 5.32 Å². The maximum absolute atomic E-state index is 12.9. The zero-order valence-corrected chi connectivity index (χ0v) is 24.4. The van der Waals surface area contributed by atoms with Crippen LogP contribution in [0.2, 0.25) is 36.3 Å². The van der Waals surface area contributed by atoms with Gasteiger partial charge < -0.3 is 23.7 Å². The molecule has 0 saturated carbocycles. The summed E-state index contributed by atoms with van der Waals surface area (Å²) in [6, 6.07) is 1.52. The van der Waals surface area contributed by atoms with Crippen molar-refractivity contribution in [3.8, 4) is 0 Å². The van der Waals surface area contributed by atoms with E-state index in [1.54, 1.807) is 0 Å². The summed E-state index contributed by atoms with van der Waals surface area (Å²) in [4.78, 5) is 40.3. The molecule has 1 aliphatic heterocycles. The molecule has 1 aromatic rings. The van der Waals surface area contributed by atoms with E-state index in [0.29, 0.717) is 0 Å². The summed E-state index contributed by atoms with van der Waals surface area (Å²) in [6.07, 6.45) is -0.912. The Morgan fingerprint density at radius 3 is 1.97 bits per heavy atom. The van der Waals surface area contributed by atoms with Crippen LogP contribution >= 0.6 is 0 Å². The van der Waals surface area contributed by atoms with Gasteiger partial charge in [-0.05, 0) is 42.3 Å². The van der Waals surface area contributed by atoms with E-state index in [0.717, 1.165) is 6.29 Å². The van der Waals surface area contributed by atoms with Gasteiger partial charge in [0.1, 0.15) is 24.1 Å². The molecule has 4 atom stereocenters. The molecular weight excluding hydrogens is 470 g/mol. The average Bonchev–Trinajstić information content (AvgIpc) is 2.95. The molecule has 0 spiro atoms. The third kappa shape index (κ3) is 6.11. The Balaban J connectivity index is 2.57. The van der Waals surface area contributed by atoms with Gasteiger partial charge >= 0.3 is 5.69 Å². The van der Waals surface area contributed by atoms with Crippen molar-refractivity contribution in [1.82, 2.24) is 9.55 Å². The molecule has 1 amide bonds. The van der Waals surface area contributed by atoms with Gasteiger partial charge in [0.05, 0.1) is 0 Å². The summed E-state index contributed by atoms with van der Waals surface area (Å²) in [5.74, 6) is -0.181. The third-order valence-electron chi connectivity index (χ3n) is 7.24. The second kappa shape index (κ2) is 9.77. The van der Waals surface area contributed by atoms with E-state index in [1.165, 1.54) is 23.8 Å². The molecule has 1 N–H and O–H groups in total. The number of amides is 1. The van der Waals surface area contributed by atoms with Crippen LogP contribution in [0.25, 0.3) is 0 Å². The van der Waals surface area contributed by atoms with Crippen molar-refractivity contribution >= 4 is 34.6 Å². The molecule has 0 bridgehead atoms. The van der Waals surface area contributed by atoms with E-state index in [-0.39, 0.29) is 21.8 Å². The largest absolute Gasteiger partial charge is 0.408 e. The maximum Gasteiger partial charge on any atom is 0.351 e. The quantitative estimate of drug-likeness (QED) is 0.434. The Kier molecular flexibility index (Phi) is 8.21. The van der Waals surface area contributed by atoms with E-state index < -0.39 is 46.9 Å². The predicted molar refractivity (Wildman–Crippen MR) is 137 cm³/mol. The summed E-state index contributed by atoms with van der Waals surface area (Å²) >= 11 is 0. The lowest BCUT2D eigenvalue weighted by Crippen LogP contribution is -2.54. The number of anilines is 1. The van der Waals surface area contributed by atoms with E-state index in [9.17, 15) is 14.4 Å². The number of nitrogens with zero attached hydrogens (tertiary/aromatic N) is 2. The monoisotopic (exact) mass is 511 g/mol. The molecule has 2 rings (SSSR count). The summed E-state index contributed by atoms with van der Waals surface area (Å²) < 4.78 is 20.9. The molecule has 192 valence electrons. The van der Waals surface area contributed by atoms with E-state index >= 15 is 0 Å². The molecule has 1 saturated heterocycles. The Labute approximate surface area is 204 Å². The lowest BCUT2D eigenvalue weighted by Gasteiger charge is -2.43. The highest BCUT2D eigenvalue weighted by molar-refractivity contribution is 6.74. The van der Waals surface area contributed by atoms with E-state index in [1.807, 2.05) is 0 Å². The van der Waals surface area contributed by atoms with Gasteiger partial charge in [0.2, 0.25) is 5.91 Å². The van der Waals surface area contributed by atoms with Gasteiger partial charge in [0, 0.05) is 13.1 Å². The zero-order chi connectivity index (χ0) is 26.3. The minimum absolute atomic E-state index is 0.0988. The van der Waals surface area contributed by atoms with Crippen molar-refractivity contribution < 1.29 is 23.2 Å². The molecule has 0 aromatic carbocycles. The fourth-order valence-corrected chi connectivity index (χ4v) is 5.73. The Hall–Kier alpha value is -1.67. The molecule has 2 heterocycles. The number of rotatable bonds is 7. The van der Waals surface area contributed by atoms with Crippen molar-refractivity contribution in [2.45, 2.75) is 109 Å². The van der Waals surface area contributed by atoms with Crippen molar-refractivity contribution in [3.05, 3.63) is 22.7 Å². The Morgan fingerprint density at radius 2 is 1.56 bits per heavy atom. The van der Waals surface area contributed by atoms with Gasteiger partial charge in [-0.25, -0.2) is 4.79 Å². The second-order valence-corrected chi connectivity index (χ2v) is 21.5. The predicted octanol–water partition coefficient (Wildman–Crippen LogP) is 4.08.